The van der Waals surface area contributed by atoms with Crippen LogP contribution in [0.1, 0.15) is 314 Å². The van der Waals surface area contributed by atoms with Crippen molar-refractivity contribution < 1.29 is 0 Å². The molecule has 12 aliphatic carbocycles. The van der Waals surface area contributed by atoms with E-state index in [9.17, 15) is 0 Å². The summed E-state index contributed by atoms with van der Waals surface area (Å²) in [6.45, 7) is 72.8. The number of hydrogen-bond donors (Lipinski definition) is 0. The molecule has 12 heteroatoms. The van der Waals surface area contributed by atoms with Crippen LogP contribution in [0.2, 0.25) is 0 Å². The third-order valence-electron chi connectivity index (χ3n) is 26.2. The Morgan fingerprint density at radius 3 is 0.367 bits per heavy atom. The minimum Gasteiger partial charge on any atom is -0.262 e. The van der Waals surface area contributed by atoms with E-state index >= 15 is 0 Å². The lowest BCUT2D eigenvalue weighted by molar-refractivity contribution is 0.987. The molecule has 0 radical (unpaired) electrons. The Bertz CT molecular complexity index is 4580. The van der Waals surface area contributed by atoms with Crippen molar-refractivity contribution in [2.24, 2.45) is 59.9 Å². The van der Waals surface area contributed by atoms with Crippen LogP contribution in [0.3, 0.4) is 0 Å². The van der Waals surface area contributed by atoms with Gasteiger partial charge in [-0.3, -0.25) is 59.9 Å². The molecule has 0 bridgehead atoms. The molecule has 0 aromatic rings. The summed E-state index contributed by atoms with van der Waals surface area (Å²) >= 11 is 0. The summed E-state index contributed by atoms with van der Waals surface area (Å²) in [5, 5.41) is 0. The minimum absolute atomic E-state index is 1.06. The molecule has 0 atom stereocenters. The summed E-state index contributed by atoms with van der Waals surface area (Å²) in [4.78, 5) is 53.2. The molecular weight excluding hydrogens is 1470 g/mol. The van der Waals surface area contributed by atoms with Crippen molar-refractivity contribution in [2.75, 3.05) is 0 Å². The predicted molar refractivity (Wildman–Crippen MR) is 518 cm³/mol. The summed E-state index contributed by atoms with van der Waals surface area (Å²) in [6, 6.07) is 0. The van der Waals surface area contributed by atoms with Gasteiger partial charge >= 0.3 is 0 Å². The molecule has 0 N–H and O–H groups in total. The first kappa shape index (κ1) is 87.6. The Kier molecular flexibility index (Phi) is 27.9. The second-order valence-corrected chi connectivity index (χ2v) is 36.8. The van der Waals surface area contributed by atoms with Crippen LogP contribution >= 0.6 is 0 Å². The predicted octanol–water partition coefficient (Wildman–Crippen LogP) is 29.5. The third kappa shape index (κ3) is 21.0. The van der Waals surface area contributed by atoms with Crippen molar-refractivity contribution in [3.05, 3.63) is 281 Å². The first-order valence-electron chi connectivity index (χ1n) is 44.6. The van der Waals surface area contributed by atoms with Gasteiger partial charge in [-0.2, -0.15) is 0 Å². The Balaban J connectivity index is 0.000000113. The molecule has 0 aromatic heterocycles. The molecule has 0 amide bonds. The molecule has 24 rings (SSSR count). The summed E-state index contributed by atoms with van der Waals surface area (Å²) in [6.07, 6.45) is 40.9. The topological polar surface area (TPSA) is 148 Å². The van der Waals surface area contributed by atoms with Crippen molar-refractivity contribution in [3.8, 4) is 0 Å². The van der Waals surface area contributed by atoms with Crippen molar-refractivity contribution in [3.63, 3.8) is 0 Å². The van der Waals surface area contributed by atoms with Gasteiger partial charge in [0.25, 0.3) is 0 Å². The quantitative estimate of drug-likeness (QED) is 0.227. The van der Waals surface area contributed by atoms with E-state index in [2.05, 4.69) is 222 Å². The van der Waals surface area contributed by atoms with Crippen LogP contribution in [-0.2, 0) is 0 Å². The van der Waals surface area contributed by atoms with E-state index < -0.39 is 0 Å². The molecule has 624 valence electrons. The second kappa shape index (κ2) is 38.3. The normalized spacial score (nSPS) is 23.7. The summed E-state index contributed by atoms with van der Waals surface area (Å²) in [5.74, 6) is 0. The van der Waals surface area contributed by atoms with E-state index in [0.29, 0.717) is 0 Å². The molecule has 120 heavy (non-hydrogen) atoms. The zero-order chi connectivity index (χ0) is 85.7. The minimum atomic E-state index is 1.06. The zero-order valence-electron chi connectivity index (χ0n) is 75.3. The molecular formula is C108H132N12. The van der Waals surface area contributed by atoms with Crippen LogP contribution in [0.15, 0.2) is 341 Å². The standard InChI is InChI=1S/12C9H11N/c4*1-6-3-4-9-8(6)5-7(2)10-9;8*1-6-3-4-8-5-7(2)10-9(6)8/h12*1,3-5H2,2H3. The fourth-order valence-electron chi connectivity index (χ4n) is 19.9. The average Bonchev–Trinajstić information content (AvgIpc) is 1.80. The molecule has 0 spiro atoms. The number of allylic oxidation sites excluding steroid dienone is 28. The molecule has 12 aliphatic heterocycles. The molecule has 0 aromatic carbocycles. The highest BCUT2D eigenvalue weighted by atomic mass is 14.9. The Morgan fingerprint density at radius 2 is 0.250 bits per heavy atom. The molecule has 0 fully saturated rings. The largest absolute Gasteiger partial charge is 0.262 e. The fraction of sp³-hybridized carbons (Fsp3) is 0.444. The van der Waals surface area contributed by atoms with Gasteiger partial charge < -0.3 is 0 Å². The fourth-order valence-corrected chi connectivity index (χ4v) is 19.9. The summed E-state index contributed by atoms with van der Waals surface area (Å²) in [5.41, 5.74) is 63.1. The number of hydrogen-bond acceptors (Lipinski definition) is 12. The van der Waals surface area contributed by atoms with E-state index in [1.807, 2.05) is 0 Å². The Morgan fingerprint density at radius 1 is 0.133 bits per heavy atom. The Labute approximate surface area is 719 Å². The maximum Gasteiger partial charge on any atom is 0.0651 e. The third-order valence-corrected chi connectivity index (χ3v) is 26.2. The van der Waals surface area contributed by atoms with Gasteiger partial charge in [-0.05, 0) is 371 Å². The van der Waals surface area contributed by atoms with Gasteiger partial charge in [-0.15, -0.1) is 0 Å². The highest BCUT2D eigenvalue weighted by Gasteiger charge is 2.32. The smallest absolute Gasteiger partial charge is 0.0651 e. The van der Waals surface area contributed by atoms with Crippen molar-refractivity contribution >= 4 is 68.5 Å². The molecule has 0 saturated heterocycles. The van der Waals surface area contributed by atoms with Gasteiger partial charge in [0.2, 0.25) is 0 Å². The van der Waals surface area contributed by atoms with Gasteiger partial charge in [0.05, 0.1) is 45.6 Å². The van der Waals surface area contributed by atoms with Crippen LogP contribution in [0.5, 0.6) is 0 Å². The lowest BCUT2D eigenvalue weighted by Gasteiger charge is -1.96. The highest BCUT2D eigenvalue weighted by molar-refractivity contribution is 5.95. The monoisotopic (exact) mass is 1600 g/mol. The van der Waals surface area contributed by atoms with Gasteiger partial charge in [0.15, 0.2) is 0 Å². The van der Waals surface area contributed by atoms with Crippen molar-refractivity contribution in [1.82, 2.24) is 0 Å². The highest BCUT2D eigenvalue weighted by Crippen LogP contribution is 2.46. The van der Waals surface area contributed by atoms with Gasteiger partial charge in [0.1, 0.15) is 0 Å². The number of aliphatic imine (C=N–C) groups is 12. The van der Waals surface area contributed by atoms with Crippen molar-refractivity contribution in [1.29, 1.82) is 0 Å². The van der Waals surface area contributed by atoms with E-state index in [-0.39, 0.29) is 0 Å². The average molecular weight is 1600 g/mol. The first-order chi connectivity index (χ1) is 57.3. The lowest BCUT2D eigenvalue weighted by Crippen LogP contribution is -1.88. The van der Waals surface area contributed by atoms with Crippen LogP contribution in [-0.4, -0.2) is 68.5 Å². The van der Waals surface area contributed by atoms with Crippen molar-refractivity contribution in [2.45, 2.75) is 314 Å². The van der Waals surface area contributed by atoms with Gasteiger partial charge in [0, 0.05) is 168 Å². The molecule has 12 heterocycles. The molecule has 0 unspecified atom stereocenters. The van der Waals surface area contributed by atoms with E-state index in [1.54, 1.807) is 0 Å². The van der Waals surface area contributed by atoms with Crippen LogP contribution < -0.4 is 0 Å². The Hall–Kier alpha value is -10.2. The summed E-state index contributed by atoms with van der Waals surface area (Å²) < 4.78 is 0. The van der Waals surface area contributed by atoms with E-state index in [1.165, 1.54) is 322 Å². The zero-order valence-corrected chi connectivity index (χ0v) is 75.3. The van der Waals surface area contributed by atoms with Gasteiger partial charge in [-0.1, -0.05) is 78.9 Å². The summed E-state index contributed by atoms with van der Waals surface area (Å²) in [7, 11) is 0. The molecule has 0 saturated carbocycles. The van der Waals surface area contributed by atoms with Crippen LogP contribution in [0.4, 0.5) is 0 Å². The van der Waals surface area contributed by atoms with Crippen LogP contribution in [0.25, 0.3) is 0 Å². The first-order valence-corrected chi connectivity index (χ1v) is 44.6. The van der Waals surface area contributed by atoms with Crippen LogP contribution in [0, 0.1) is 0 Å². The molecule has 12 nitrogen and oxygen atoms in total. The second-order valence-electron chi connectivity index (χ2n) is 36.8. The SMILES string of the molecule is C=C1CCC2=C1CC(C)=N2.C=C1CCC2=C1CC(C)=N2.C=C1CCC2=C1CC(C)=N2.C=C1CCC2=C1CC(C)=N2.C=C1CCC2=C1N=C(C)C2.C=C1CCC2=C1N=C(C)C2.C=C1CCC2=C1N=C(C)C2.C=C1CCC2=C1N=C(C)C2.C=C1CCC2=C1N=C(C)C2.C=C1CCC2=C1N=C(C)C2.C=C1CCC2=C1N=C(C)C2.C=C1CCC2=C1N=C(C)C2. The lowest BCUT2D eigenvalue weighted by atomic mass is 10.1. The van der Waals surface area contributed by atoms with E-state index in [4.69, 9.17) is 0 Å². The maximum absolute atomic E-state index is 4.44. The van der Waals surface area contributed by atoms with E-state index in [0.717, 1.165) is 180 Å². The maximum atomic E-state index is 4.44. The number of rotatable bonds is 0. The number of nitrogens with zero attached hydrogens (tertiary/aromatic N) is 12. The molecule has 24 aliphatic rings. The van der Waals surface area contributed by atoms with Gasteiger partial charge in [-0.25, -0.2) is 0 Å².